The molecule has 4 rings (SSSR count). The molecule has 34 heavy (non-hydrogen) atoms. The summed E-state index contributed by atoms with van der Waals surface area (Å²) >= 11 is 1.35. The van der Waals surface area contributed by atoms with E-state index in [0.717, 1.165) is 13.1 Å². The molecule has 2 atom stereocenters. The lowest BCUT2D eigenvalue weighted by Gasteiger charge is -2.34. The van der Waals surface area contributed by atoms with Crippen molar-refractivity contribution in [2.45, 2.75) is 36.2 Å². The van der Waals surface area contributed by atoms with E-state index in [4.69, 9.17) is 15.9 Å². The molecule has 6 N–H and O–H groups in total. The van der Waals surface area contributed by atoms with Crippen molar-refractivity contribution in [2.24, 2.45) is 5.73 Å². The average molecular weight is 497 g/mol. The third-order valence-corrected chi connectivity index (χ3v) is 6.71. The highest BCUT2D eigenvalue weighted by Crippen LogP contribution is 2.46. The summed E-state index contributed by atoms with van der Waals surface area (Å²) in [5, 5.41) is 29.4. The number of carboxylic acids is 3. The minimum atomic E-state index is -1.27. The van der Waals surface area contributed by atoms with E-state index in [2.05, 4.69) is 5.32 Å². The summed E-state index contributed by atoms with van der Waals surface area (Å²) in [5.41, 5.74) is 5.18. The number of nitrogens with zero attached hydrogens (tertiary/aromatic N) is 2. The number of carbonyl (C=O) groups is 3. The van der Waals surface area contributed by atoms with Crippen LogP contribution in [0.5, 0.6) is 0 Å². The van der Waals surface area contributed by atoms with Gasteiger partial charge in [0.15, 0.2) is 0 Å². The summed E-state index contributed by atoms with van der Waals surface area (Å²) in [6.45, 7) is 4.87. The number of halogens is 1. The molecule has 1 saturated heterocycles. The van der Waals surface area contributed by atoms with Gasteiger partial charge in [0.2, 0.25) is 5.43 Å². The molecular formula is C21H25FN4O7S. The fourth-order valence-electron chi connectivity index (χ4n) is 3.77. The highest BCUT2D eigenvalue weighted by atomic mass is 32.2. The maximum atomic E-state index is 14.6. The second kappa shape index (κ2) is 10.4. The van der Waals surface area contributed by atoms with Gasteiger partial charge in [-0.1, -0.05) is 11.8 Å². The van der Waals surface area contributed by atoms with E-state index >= 15 is 0 Å². The molecule has 0 saturated carbocycles. The van der Waals surface area contributed by atoms with Crippen LogP contribution in [0.2, 0.25) is 0 Å². The molecule has 0 aliphatic carbocycles. The lowest BCUT2D eigenvalue weighted by Crippen LogP contribution is -2.44. The second-order valence-electron chi connectivity index (χ2n) is 7.84. The van der Waals surface area contributed by atoms with Crippen molar-refractivity contribution < 1.29 is 34.1 Å². The van der Waals surface area contributed by atoms with Gasteiger partial charge in [-0.15, -0.1) is 0 Å². The normalized spacial score (nSPS) is 17.7. The Kier molecular flexibility index (Phi) is 7.79. The van der Waals surface area contributed by atoms with Gasteiger partial charge in [0.05, 0.1) is 21.6 Å². The van der Waals surface area contributed by atoms with Gasteiger partial charge in [-0.3, -0.25) is 14.4 Å². The Morgan fingerprint density at radius 1 is 1.24 bits per heavy atom. The van der Waals surface area contributed by atoms with Gasteiger partial charge in [0.1, 0.15) is 17.4 Å². The van der Waals surface area contributed by atoms with Gasteiger partial charge < -0.3 is 35.8 Å². The van der Waals surface area contributed by atoms with Crippen molar-refractivity contribution in [1.29, 1.82) is 0 Å². The molecule has 1 aromatic carbocycles. The molecule has 2 aliphatic heterocycles. The first-order chi connectivity index (χ1) is 16.0. The van der Waals surface area contributed by atoms with Gasteiger partial charge in [-0.25, -0.2) is 9.18 Å². The van der Waals surface area contributed by atoms with Crippen molar-refractivity contribution in [3.63, 3.8) is 0 Å². The van der Waals surface area contributed by atoms with Crippen LogP contribution in [0, 0.1) is 5.82 Å². The van der Waals surface area contributed by atoms with Crippen LogP contribution in [-0.2, 0) is 9.59 Å². The molecule has 1 fully saturated rings. The maximum absolute atomic E-state index is 14.6. The number of aromatic nitrogens is 1. The Morgan fingerprint density at radius 2 is 1.88 bits per heavy atom. The predicted molar refractivity (Wildman–Crippen MR) is 123 cm³/mol. The Bertz CT molecular complexity index is 1200. The van der Waals surface area contributed by atoms with Crippen LogP contribution < -0.4 is 21.4 Å². The summed E-state index contributed by atoms with van der Waals surface area (Å²) in [7, 11) is 0. The number of fused-ring (bicyclic) bond motifs is 3. The van der Waals surface area contributed by atoms with E-state index in [0.29, 0.717) is 29.3 Å². The molecule has 0 bridgehead atoms. The standard InChI is InChI=1S/C16H16FN3O3S.C5H9NO4/c1-8-20-11-7-12(19-4-2-18-3-5-19)10(17)6-9(11)14(21)13(16(22)23)15(20)24-8;6-3(5(9)10)1-2-4(7)8/h6-8,18H,2-5H2,1H3,(H,22,23);3H,1-2,6H2,(H,7,8)(H,9,10)/t8-;/m0./s1. The minimum Gasteiger partial charge on any atom is -0.481 e. The molecule has 0 spiro atoms. The van der Waals surface area contributed by atoms with E-state index in [1.165, 1.54) is 17.8 Å². The van der Waals surface area contributed by atoms with Gasteiger partial charge in [-0.2, -0.15) is 0 Å². The first-order valence-electron chi connectivity index (χ1n) is 10.5. The van der Waals surface area contributed by atoms with Crippen molar-refractivity contribution in [2.75, 3.05) is 31.1 Å². The van der Waals surface area contributed by atoms with Gasteiger partial charge in [-0.05, 0) is 25.5 Å². The number of aromatic carboxylic acids is 1. The number of carboxylic acid groups (broad SMARTS) is 3. The lowest BCUT2D eigenvalue weighted by atomic mass is 10.1. The zero-order chi connectivity index (χ0) is 25.2. The van der Waals surface area contributed by atoms with Crippen LogP contribution in [0.25, 0.3) is 10.9 Å². The maximum Gasteiger partial charge on any atom is 0.342 e. The topological polar surface area (TPSA) is 175 Å². The number of hydrogen-bond acceptors (Lipinski definition) is 8. The molecule has 2 aliphatic rings. The monoisotopic (exact) mass is 496 g/mol. The van der Waals surface area contributed by atoms with Crippen LogP contribution >= 0.6 is 11.8 Å². The van der Waals surface area contributed by atoms with Crippen molar-refractivity contribution >= 4 is 46.3 Å². The molecule has 0 radical (unpaired) electrons. The first-order valence-corrected chi connectivity index (χ1v) is 11.4. The number of hydrogen-bond donors (Lipinski definition) is 5. The molecule has 13 heteroatoms. The third kappa shape index (κ3) is 5.16. The molecule has 11 nitrogen and oxygen atoms in total. The van der Waals surface area contributed by atoms with Gasteiger partial charge in [0, 0.05) is 38.0 Å². The SMILES string of the molecule is C[C@@H]1Sc2c(C(=O)O)c(=O)c3cc(F)c(N4CCNCC4)cc3n21.NC(CCC(=O)O)C(=O)O. The predicted octanol–water partition coefficient (Wildman–Crippen LogP) is 1.14. The zero-order valence-electron chi connectivity index (χ0n) is 18.3. The van der Waals surface area contributed by atoms with E-state index in [1.807, 2.05) is 16.4 Å². The molecule has 3 heterocycles. The highest BCUT2D eigenvalue weighted by Gasteiger charge is 2.33. The number of anilines is 1. The van der Waals surface area contributed by atoms with Crippen molar-refractivity contribution in [3.05, 3.63) is 33.7 Å². The van der Waals surface area contributed by atoms with E-state index in [-0.39, 0.29) is 29.2 Å². The average Bonchev–Trinajstić information content (AvgIpc) is 2.77. The Hall–Kier alpha value is -3.16. The zero-order valence-corrected chi connectivity index (χ0v) is 19.1. The smallest absolute Gasteiger partial charge is 0.342 e. The summed E-state index contributed by atoms with van der Waals surface area (Å²) < 4.78 is 16.4. The molecule has 184 valence electrons. The fraction of sp³-hybridized carbons (Fsp3) is 0.429. The summed E-state index contributed by atoms with van der Waals surface area (Å²) in [5.74, 6) is -3.95. The fourth-order valence-corrected chi connectivity index (χ4v) is 4.93. The largest absolute Gasteiger partial charge is 0.481 e. The van der Waals surface area contributed by atoms with Crippen LogP contribution in [0.4, 0.5) is 10.1 Å². The van der Waals surface area contributed by atoms with E-state index in [9.17, 15) is 28.7 Å². The first kappa shape index (κ1) is 25.5. The van der Waals surface area contributed by atoms with Crippen LogP contribution in [0.15, 0.2) is 22.0 Å². The lowest BCUT2D eigenvalue weighted by molar-refractivity contribution is -0.139. The van der Waals surface area contributed by atoms with E-state index in [1.54, 1.807) is 6.07 Å². The number of piperazine rings is 1. The number of pyridine rings is 1. The Morgan fingerprint density at radius 3 is 2.41 bits per heavy atom. The second-order valence-corrected chi connectivity index (χ2v) is 9.14. The molecule has 0 amide bonds. The summed E-state index contributed by atoms with van der Waals surface area (Å²) in [6.07, 6.45) is -0.224. The quantitative estimate of drug-likeness (QED) is 0.388. The molecule has 2 aromatic rings. The van der Waals surface area contributed by atoms with E-state index < -0.39 is 35.2 Å². The van der Waals surface area contributed by atoms with Crippen LogP contribution in [0.3, 0.4) is 0 Å². The number of nitrogens with one attached hydrogen (secondary N) is 1. The third-order valence-electron chi connectivity index (χ3n) is 5.53. The molecule has 1 aromatic heterocycles. The number of aliphatic carboxylic acids is 2. The van der Waals surface area contributed by atoms with Gasteiger partial charge in [0.25, 0.3) is 0 Å². The number of rotatable bonds is 6. The van der Waals surface area contributed by atoms with Crippen LogP contribution in [0.1, 0.15) is 35.5 Å². The minimum absolute atomic E-state index is 0.0162. The Balaban J connectivity index is 0.000000277. The van der Waals surface area contributed by atoms with Crippen molar-refractivity contribution in [1.82, 2.24) is 9.88 Å². The summed E-state index contributed by atoms with van der Waals surface area (Å²) in [6, 6.07) is 1.81. The number of nitrogens with two attached hydrogens (primary N) is 1. The molecular weight excluding hydrogens is 471 g/mol. The van der Waals surface area contributed by atoms with Crippen LogP contribution in [-0.4, -0.2) is 70.0 Å². The van der Waals surface area contributed by atoms with Gasteiger partial charge >= 0.3 is 17.9 Å². The summed E-state index contributed by atoms with van der Waals surface area (Å²) in [4.78, 5) is 45.8. The van der Waals surface area contributed by atoms with Crippen molar-refractivity contribution in [3.8, 4) is 0 Å². The Labute approximate surface area is 197 Å². The highest BCUT2D eigenvalue weighted by molar-refractivity contribution is 8.00. The molecule has 1 unspecified atom stereocenters. The number of benzene rings is 1. The number of thioether (sulfide) groups is 1.